The topological polar surface area (TPSA) is 70.9 Å². The third kappa shape index (κ3) is 5.01. The Balaban J connectivity index is 1.58. The van der Waals surface area contributed by atoms with E-state index in [1.54, 1.807) is 10.4 Å². The third-order valence-corrected chi connectivity index (χ3v) is 8.82. The Morgan fingerprint density at radius 2 is 1.83 bits per heavy atom. The van der Waals surface area contributed by atoms with E-state index in [0.717, 1.165) is 22.4 Å². The fourth-order valence-electron chi connectivity index (χ4n) is 4.70. The van der Waals surface area contributed by atoms with Crippen molar-refractivity contribution in [1.29, 1.82) is 0 Å². The molecule has 0 aromatic heterocycles. The van der Waals surface area contributed by atoms with E-state index in [-0.39, 0.29) is 18.0 Å². The van der Waals surface area contributed by atoms with Gasteiger partial charge in [0.15, 0.2) is 6.04 Å². The standard InChI is InChI=1S/C22H35N3O3S/c1-16-9-10-21(18(3)15-16)29(27,28)25-13-11-24(12-14-25)19(4)22(26)23-20-8-6-5-7-17(20)2/h9-10,15,17,19-20H,5-8,11-14H2,1-4H3,(H,23,26)/p+1/t17-,19-,20-/m0/s1. The summed E-state index contributed by atoms with van der Waals surface area (Å²) in [7, 11) is -3.49. The molecule has 2 fully saturated rings. The van der Waals surface area contributed by atoms with Crippen LogP contribution < -0.4 is 10.2 Å². The molecular formula is C22H36N3O3S+. The zero-order valence-electron chi connectivity index (χ0n) is 18.2. The molecule has 3 rings (SSSR count). The number of aryl methyl sites for hydroxylation is 2. The molecule has 0 spiro atoms. The van der Waals surface area contributed by atoms with Crippen LogP contribution >= 0.6 is 0 Å². The molecule has 1 saturated heterocycles. The summed E-state index contributed by atoms with van der Waals surface area (Å²) in [4.78, 5) is 14.3. The van der Waals surface area contributed by atoms with Gasteiger partial charge in [-0.3, -0.25) is 4.79 Å². The van der Waals surface area contributed by atoms with Crippen molar-refractivity contribution in [1.82, 2.24) is 9.62 Å². The summed E-state index contributed by atoms with van der Waals surface area (Å²) in [5, 5.41) is 3.25. The molecule has 0 unspecified atom stereocenters. The van der Waals surface area contributed by atoms with Crippen LogP contribution in [0, 0.1) is 19.8 Å². The summed E-state index contributed by atoms with van der Waals surface area (Å²) in [6.45, 7) is 10.2. The Labute approximate surface area is 175 Å². The zero-order chi connectivity index (χ0) is 21.2. The number of rotatable bonds is 5. The van der Waals surface area contributed by atoms with Crippen molar-refractivity contribution in [3.05, 3.63) is 29.3 Å². The number of sulfonamides is 1. The van der Waals surface area contributed by atoms with Crippen molar-refractivity contribution in [2.75, 3.05) is 26.2 Å². The first-order chi connectivity index (χ1) is 13.7. The molecule has 6 nitrogen and oxygen atoms in total. The van der Waals surface area contributed by atoms with E-state index >= 15 is 0 Å². The molecule has 162 valence electrons. The highest BCUT2D eigenvalue weighted by atomic mass is 32.2. The van der Waals surface area contributed by atoms with E-state index in [1.807, 2.05) is 32.9 Å². The van der Waals surface area contributed by atoms with Crippen LogP contribution in [0.15, 0.2) is 23.1 Å². The van der Waals surface area contributed by atoms with Crippen LogP contribution in [0.3, 0.4) is 0 Å². The van der Waals surface area contributed by atoms with Gasteiger partial charge in [0.05, 0.1) is 31.1 Å². The molecule has 1 aromatic rings. The maximum absolute atomic E-state index is 13.1. The SMILES string of the molecule is Cc1ccc(S(=O)(=O)N2CC[NH+]([C@@H](C)C(=O)N[C@H]3CCCC[C@@H]3C)CC2)c(C)c1. The minimum Gasteiger partial charge on any atom is -0.348 e. The zero-order valence-corrected chi connectivity index (χ0v) is 19.0. The van der Waals surface area contributed by atoms with Gasteiger partial charge in [0.1, 0.15) is 0 Å². The molecule has 1 heterocycles. The lowest BCUT2D eigenvalue weighted by Crippen LogP contribution is -3.19. The van der Waals surface area contributed by atoms with E-state index < -0.39 is 10.0 Å². The molecule has 0 bridgehead atoms. The summed E-state index contributed by atoms with van der Waals surface area (Å²) in [5.74, 6) is 0.638. The van der Waals surface area contributed by atoms with Crippen molar-refractivity contribution in [2.24, 2.45) is 5.92 Å². The van der Waals surface area contributed by atoms with E-state index in [1.165, 1.54) is 19.3 Å². The van der Waals surface area contributed by atoms with E-state index in [0.29, 0.717) is 37.0 Å². The lowest BCUT2D eigenvalue weighted by Gasteiger charge is -2.36. The lowest BCUT2D eigenvalue weighted by atomic mass is 9.86. The van der Waals surface area contributed by atoms with Crippen LogP contribution in [0.25, 0.3) is 0 Å². The number of benzene rings is 1. The van der Waals surface area contributed by atoms with Crippen LogP contribution in [-0.2, 0) is 14.8 Å². The van der Waals surface area contributed by atoms with Crippen molar-refractivity contribution in [2.45, 2.75) is 70.4 Å². The molecule has 29 heavy (non-hydrogen) atoms. The second-order valence-corrected chi connectivity index (χ2v) is 10.8. The van der Waals surface area contributed by atoms with Gasteiger partial charge in [-0.2, -0.15) is 4.31 Å². The monoisotopic (exact) mass is 422 g/mol. The minimum atomic E-state index is -3.49. The lowest BCUT2D eigenvalue weighted by molar-refractivity contribution is -0.917. The number of carbonyl (C=O) groups is 1. The van der Waals surface area contributed by atoms with Crippen molar-refractivity contribution < 1.29 is 18.1 Å². The highest BCUT2D eigenvalue weighted by Crippen LogP contribution is 2.24. The number of amides is 1. The Hall–Kier alpha value is -1.44. The Morgan fingerprint density at radius 1 is 1.17 bits per heavy atom. The highest BCUT2D eigenvalue weighted by molar-refractivity contribution is 7.89. The number of nitrogens with one attached hydrogen (secondary N) is 2. The average Bonchev–Trinajstić information content (AvgIpc) is 2.69. The number of carbonyl (C=O) groups excluding carboxylic acids is 1. The highest BCUT2D eigenvalue weighted by Gasteiger charge is 2.36. The van der Waals surface area contributed by atoms with Gasteiger partial charge in [-0.15, -0.1) is 0 Å². The van der Waals surface area contributed by atoms with Crippen LogP contribution in [0.1, 0.15) is 50.7 Å². The summed E-state index contributed by atoms with van der Waals surface area (Å²) in [5.41, 5.74) is 1.84. The first-order valence-corrected chi connectivity index (χ1v) is 12.4. The molecule has 1 saturated carbocycles. The molecule has 3 atom stereocenters. The van der Waals surface area contributed by atoms with Gasteiger partial charge < -0.3 is 10.2 Å². The van der Waals surface area contributed by atoms with Crippen LogP contribution in [0.4, 0.5) is 0 Å². The molecular weight excluding hydrogens is 386 g/mol. The molecule has 1 aliphatic heterocycles. The number of nitrogens with zero attached hydrogens (tertiary/aromatic N) is 1. The van der Waals surface area contributed by atoms with Gasteiger partial charge in [0, 0.05) is 6.04 Å². The molecule has 0 radical (unpaired) electrons. The molecule has 1 aliphatic carbocycles. The van der Waals surface area contributed by atoms with Gasteiger partial charge in [-0.1, -0.05) is 37.5 Å². The summed E-state index contributed by atoms with van der Waals surface area (Å²) in [6.07, 6.45) is 4.69. The van der Waals surface area contributed by atoms with E-state index in [4.69, 9.17) is 0 Å². The molecule has 1 amide bonds. The predicted molar refractivity (Wildman–Crippen MR) is 114 cm³/mol. The maximum Gasteiger partial charge on any atom is 0.278 e. The first kappa shape index (κ1) is 22.2. The number of quaternary nitrogens is 1. The minimum absolute atomic E-state index is 0.101. The van der Waals surface area contributed by atoms with Crippen molar-refractivity contribution in [3.63, 3.8) is 0 Å². The summed E-state index contributed by atoms with van der Waals surface area (Å²) in [6, 6.07) is 5.59. The Bertz CT molecular complexity index is 832. The second kappa shape index (κ2) is 9.14. The molecule has 7 heteroatoms. The van der Waals surface area contributed by atoms with E-state index in [9.17, 15) is 13.2 Å². The summed E-state index contributed by atoms with van der Waals surface area (Å²) < 4.78 is 27.7. The normalized spacial score (nSPS) is 25.5. The van der Waals surface area contributed by atoms with Crippen molar-refractivity contribution >= 4 is 15.9 Å². The van der Waals surface area contributed by atoms with Gasteiger partial charge >= 0.3 is 0 Å². The van der Waals surface area contributed by atoms with Gasteiger partial charge in [-0.25, -0.2) is 8.42 Å². The number of hydrogen-bond donors (Lipinski definition) is 2. The van der Waals surface area contributed by atoms with Crippen LogP contribution in [0.5, 0.6) is 0 Å². The van der Waals surface area contributed by atoms with Crippen LogP contribution in [-0.4, -0.2) is 56.9 Å². The summed E-state index contributed by atoms with van der Waals surface area (Å²) >= 11 is 0. The smallest absolute Gasteiger partial charge is 0.278 e. The van der Waals surface area contributed by atoms with Crippen LogP contribution in [0.2, 0.25) is 0 Å². The number of piperazine rings is 1. The van der Waals surface area contributed by atoms with Gasteiger partial charge in [0.2, 0.25) is 10.0 Å². The quantitative estimate of drug-likeness (QED) is 0.751. The molecule has 2 aliphatic rings. The second-order valence-electron chi connectivity index (χ2n) is 8.93. The average molecular weight is 423 g/mol. The van der Waals surface area contributed by atoms with Crippen molar-refractivity contribution in [3.8, 4) is 0 Å². The Morgan fingerprint density at radius 3 is 2.45 bits per heavy atom. The third-order valence-electron chi connectivity index (χ3n) is 6.76. The fourth-order valence-corrected chi connectivity index (χ4v) is 6.35. The maximum atomic E-state index is 13.1. The Kier molecular flexibility index (Phi) is 7.02. The van der Waals surface area contributed by atoms with E-state index in [2.05, 4.69) is 12.2 Å². The fraction of sp³-hybridized carbons (Fsp3) is 0.682. The largest absolute Gasteiger partial charge is 0.348 e. The predicted octanol–water partition coefficient (Wildman–Crippen LogP) is 1.28. The van der Waals surface area contributed by atoms with Gasteiger partial charge in [0.25, 0.3) is 5.91 Å². The first-order valence-electron chi connectivity index (χ1n) is 10.9. The van der Waals surface area contributed by atoms with Gasteiger partial charge in [-0.05, 0) is 51.2 Å². The number of hydrogen-bond acceptors (Lipinski definition) is 3. The molecule has 2 N–H and O–H groups in total. The molecule has 1 aromatic carbocycles.